The Labute approximate surface area is 123 Å². The summed E-state index contributed by atoms with van der Waals surface area (Å²) in [7, 11) is 1.67. The van der Waals surface area contributed by atoms with E-state index < -0.39 is 0 Å². The molecule has 0 fully saturated rings. The minimum atomic E-state index is 0.0748. The van der Waals surface area contributed by atoms with Gasteiger partial charge in [0, 0.05) is 18.5 Å². The Balaban J connectivity index is 2.37. The number of carbonyl (C=O) groups excluding carboxylic acids is 1. The monoisotopic (exact) mass is 327 g/mol. The summed E-state index contributed by atoms with van der Waals surface area (Å²) in [4.78, 5) is 12.1. The normalized spacial score (nSPS) is 12.2. The number of nitrogens with one attached hydrogen (secondary N) is 1. The third-order valence-electron chi connectivity index (χ3n) is 2.98. The number of methoxy groups -OCH3 is 1. The quantitative estimate of drug-likeness (QED) is 0.782. The van der Waals surface area contributed by atoms with Gasteiger partial charge in [0.1, 0.15) is 0 Å². The van der Waals surface area contributed by atoms with Crippen molar-refractivity contribution < 1.29 is 9.53 Å². The Bertz CT molecular complexity index is 421. The summed E-state index contributed by atoms with van der Waals surface area (Å²) in [6.45, 7) is 5.41. The number of aryl methyl sites for hydroxylation is 2. The van der Waals surface area contributed by atoms with Crippen molar-refractivity contribution in [3.63, 3.8) is 0 Å². The number of carbonyl (C=O) groups is 1. The van der Waals surface area contributed by atoms with E-state index in [-0.39, 0.29) is 5.91 Å². The van der Waals surface area contributed by atoms with E-state index >= 15 is 0 Å². The van der Waals surface area contributed by atoms with E-state index in [0.717, 1.165) is 12.0 Å². The molecule has 0 aromatic heterocycles. The molecule has 1 rings (SSSR count). The molecule has 3 nitrogen and oxygen atoms in total. The first kappa shape index (κ1) is 16.2. The fourth-order valence-electron chi connectivity index (χ4n) is 1.86. The van der Waals surface area contributed by atoms with E-state index in [0.29, 0.717) is 24.4 Å². The third-order valence-corrected chi connectivity index (χ3v) is 3.71. The fraction of sp³-hybridized carbons (Fsp3) is 0.533. The molecule has 1 aromatic rings. The van der Waals surface area contributed by atoms with Gasteiger partial charge in [-0.25, -0.2) is 0 Å². The summed E-state index contributed by atoms with van der Waals surface area (Å²) in [5.41, 5.74) is 3.46. The van der Waals surface area contributed by atoms with Crippen molar-refractivity contribution in [2.75, 3.05) is 20.3 Å². The molecular formula is C15H22BrNO2. The van der Waals surface area contributed by atoms with Gasteiger partial charge in [-0.3, -0.25) is 4.79 Å². The van der Waals surface area contributed by atoms with Crippen LogP contribution in [0.1, 0.15) is 23.1 Å². The number of hydrogen-bond donors (Lipinski definition) is 1. The molecule has 0 aliphatic heterocycles. The second-order valence-electron chi connectivity index (χ2n) is 4.80. The topological polar surface area (TPSA) is 38.3 Å². The van der Waals surface area contributed by atoms with E-state index in [2.05, 4.69) is 39.4 Å². The molecular weight excluding hydrogens is 306 g/mol. The minimum absolute atomic E-state index is 0.0748. The predicted octanol–water partition coefficient (Wildman–Crippen LogP) is 2.76. The highest BCUT2D eigenvalue weighted by Gasteiger charge is 2.08. The number of ether oxygens (including phenoxy) is 1. The first-order valence-electron chi connectivity index (χ1n) is 6.48. The number of rotatable bonds is 7. The number of hydrogen-bond acceptors (Lipinski definition) is 2. The van der Waals surface area contributed by atoms with Gasteiger partial charge in [0.05, 0.1) is 13.0 Å². The van der Waals surface area contributed by atoms with Crippen LogP contribution in [-0.2, 0) is 16.0 Å². The molecule has 0 radical (unpaired) electrons. The predicted molar refractivity (Wildman–Crippen MR) is 81.8 cm³/mol. The van der Waals surface area contributed by atoms with Crippen LogP contribution in [0, 0.1) is 13.8 Å². The summed E-state index contributed by atoms with van der Waals surface area (Å²) in [5.74, 6) is 0.0748. The highest BCUT2D eigenvalue weighted by molar-refractivity contribution is 9.09. The van der Waals surface area contributed by atoms with Gasteiger partial charge < -0.3 is 10.1 Å². The molecule has 106 valence electrons. The molecule has 19 heavy (non-hydrogen) atoms. The van der Waals surface area contributed by atoms with Crippen molar-refractivity contribution in [2.24, 2.45) is 0 Å². The lowest BCUT2D eigenvalue weighted by Gasteiger charge is -2.10. The van der Waals surface area contributed by atoms with Crippen molar-refractivity contribution in [1.82, 2.24) is 5.32 Å². The van der Waals surface area contributed by atoms with E-state index in [1.807, 2.05) is 13.8 Å². The molecule has 0 spiro atoms. The van der Waals surface area contributed by atoms with Gasteiger partial charge in [0.15, 0.2) is 0 Å². The molecule has 0 aliphatic carbocycles. The van der Waals surface area contributed by atoms with Crippen LogP contribution in [0.5, 0.6) is 0 Å². The van der Waals surface area contributed by atoms with E-state index in [4.69, 9.17) is 4.74 Å². The lowest BCUT2D eigenvalue weighted by atomic mass is 10.0. The molecule has 0 saturated heterocycles. The molecule has 1 amide bonds. The average molecular weight is 328 g/mol. The highest BCUT2D eigenvalue weighted by Crippen LogP contribution is 2.11. The molecule has 0 aliphatic rings. The molecule has 1 N–H and O–H groups in total. The van der Waals surface area contributed by atoms with Crippen molar-refractivity contribution >= 4 is 21.8 Å². The van der Waals surface area contributed by atoms with Crippen LogP contribution in [0.25, 0.3) is 0 Å². The maximum Gasteiger partial charge on any atom is 0.224 e. The molecule has 1 aromatic carbocycles. The summed E-state index contributed by atoms with van der Waals surface area (Å²) >= 11 is 3.50. The maximum atomic E-state index is 11.9. The Kier molecular flexibility index (Phi) is 7.10. The van der Waals surface area contributed by atoms with Gasteiger partial charge in [-0.2, -0.15) is 0 Å². The smallest absolute Gasteiger partial charge is 0.224 e. The van der Waals surface area contributed by atoms with Gasteiger partial charge in [-0.05, 0) is 31.4 Å². The van der Waals surface area contributed by atoms with Crippen molar-refractivity contribution in [3.05, 3.63) is 34.9 Å². The van der Waals surface area contributed by atoms with Crippen molar-refractivity contribution in [1.29, 1.82) is 0 Å². The minimum Gasteiger partial charge on any atom is -0.384 e. The molecule has 0 saturated carbocycles. The Morgan fingerprint density at radius 1 is 1.42 bits per heavy atom. The number of halogens is 1. The largest absolute Gasteiger partial charge is 0.384 e. The number of amides is 1. The number of alkyl halides is 1. The maximum absolute atomic E-state index is 11.9. The zero-order chi connectivity index (χ0) is 14.3. The SMILES string of the molecule is COCC(Br)CCNC(=O)Cc1cc(C)ccc1C. The van der Waals surface area contributed by atoms with E-state index in [9.17, 15) is 4.79 Å². The average Bonchev–Trinajstić information content (AvgIpc) is 2.34. The fourth-order valence-corrected chi connectivity index (χ4v) is 2.35. The van der Waals surface area contributed by atoms with Gasteiger partial charge in [0.2, 0.25) is 5.91 Å². The van der Waals surface area contributed by atoms with Crippen LogP contribution >= 0.6 is 15.9 Å². The van der Waals surface area contributed by atoms with Gasteiger partial charge in [-0.15, -0.1) is 0 Å². The standard InChI is InChI=1S/C15H22BrNO2/c1-11-4-5-12(2)13(8-11)9-15(18)17-7-6-14(16)10-19-3/h4-5,8,14H,6-7,9-10H2,1-3H3,(H,17,18). The molecule has 4 heteroatoms. The van der Waals surface area contributed by atoms with Crippen molar-refractivity contribution in [3.8, 4) is 0 Å². The molecule has 1 atom stereocenters. The van der Waals surface area contributed by atoms with Crippen LogP contribution < -0.4 is 5.32 Å². The third kappa shape index (κ3) is 6.21. The van der Waals surface area contributed by atoms with E-state index in [1.165, 1.54) is 11.1 Å². The lowest BCUT2D eigenvalue weighted by molar-refractivity contribution is -0.120. The van der Waals surface area contributed by atoms with Crippen LogP contribution in [-0.4, -0.2) is 31.0 Å². The van der Waals surface area contributed by atoms with Gasteiger partial charge in [0.25, 0.3) is 0 Å². The summed E-state index contributed by atoms with van der Waals surface area (Å²) in [5, 5.41) is 2.94. The zero-order valence-corrected chi connectivity index (χ0v) is 13.4. The number of benzene rings is 1. The molecule has 0 heterocycles. The summed E-state index contributed by atoms with van der Waals surface area (Å²) in [6.07, 6.45) is 1.32. The van der Waals surface area contributed by atoms with E-state index in [1.54, 1.807) is 7.11 Å². The summed E-state index contributed by atoms with van der Waals surface area (Å²) < 4.78 is 5.03. The Morgan fingerprint density at radius 3 is 2.84 bits per heavy atom. The molecule has 0 bridgehead atoms. The second-order valence-corrected chi connectivity index (χ2v) is 6.09. The van der Waals surface area contributed by atoms with Crippen LogP contribution in [0.2, 0.25) is 0 Å². The summed E-state index contributed by atoms with van der Waals surface area (Å²) in [6, 6.07) is 6.20. The lowest BCUT2D eigenvalue weighted by Crippen LogP contribution is -2.28. The molecule has 1 unspecified atom stereocenters. The van der Waals surface area contributed by atoms with Crippen LogP contribution in [0.3, 0.4) is 0 Å². The van der Waals surface area contributed by atoms with Crippen molar-refractivity contribution in [2.45, 2.75) is 31.5 Å². The Morgan fingerprint density at radius 2 is 2.16 bits per heavy atom. The van der Waals surface area contributed by atoms with Crippen LogP contribution in [0.4, 0.5) is 0 Å². The zero-order valence-electron chi connectivity index (χ0n) is 11.8. The highest BCUT2D eigenvalue weighted by atomic mass is 79.9. The van der Waals surface area contributed by atoms with Crippen LogP contribution in [0.15, 0.2) is 18.2 Å². The first-order chi connectivity index (χ1) is 9.02. The first-order valence-corrected chi connectivity index (χ1v) is 7.40. The second kappa shape index (κ2) is 8.33. The van der Waals surface area contributed by atoms with Gasteiger partial charge >= 0.3 is 0 Å². The van der Waals surface area contributed by atoms with Gasteiger partial charge in [-0.1, -0.05) is 39.7 Å². The Hall–Kier alpha value is -0.870.